The van der Waals surface area contributed by atoms with Gasteiger partial charge in [-0.15, -0.1) is 13.2 Å². The highest BCUT2D eigenvalue weighted by Crippen LogP contribution is 2.46. The Bertz CT molecular complexity index is 1050. The first-order valence-corrected chi connectivity index (χ1v) is 11.4. The summed E-state index contributed by atoms with van der Waals surface area (Å²) in [6.07, 6.45) is -2.56. The van der Waals surface area contributed by atoms with Gasteiger partial charge in [0.05, 0.1) is 12.5 Å². The molecule has 0 radical (unpaired) electrons. The molecule has 1 aliphatic carbocycles. The van der Waals surface area contributed by atoms with Crippen LogP contribution in [0.2, 0.25) is 0 Å². The lowest BCUT2D eigenvalue weighted by molar-refractivity contribution is -0.274. The minimum atomic E-state index is -4.76. The predicted octanol–water partition coefficient (Wildman–Crippen LogP) is 5.19. The van der Waals surface area contributed by atoms with Gasteiger partial charge in [0.2, 0.25) is 5.91 Å². The highest BCUT2D eigenvalue weighted by Gasteiger charge is 2.49. The van der Waals surface area contributed by atoms with Crippen molar-refractivity contribution in [3.05, 3.63) is 54.1 Å². The molecule has 1 heterocycles. The topological polar surface area (TPSA) is 77.1 Å². The van der Waals surface area contributed by atoms with E-state index in [0.717, 1.165) is 5.56 Å². The lowest BCUT2D eigenvalue weighted by Gasteiger charge is -2.35. The van der Waals surface area contributed by atoms with Crippen LogP contribution in [0.3, 0.4) is 0 Å². The first-order valence-electron chi connectivity index (χ1n) is 11.4. The van der Waals surface area contributed by atoms with Crippen molar-refractivity contribution in [2.75, 3.05) is 18.6 Å². The fraction of sp³-hybridized carbons (Fsp3) is 0.440. The molecule has 0 bridgehead atoms. The predicted molar refractivity (Wildman–Crippen MR) is 121 cm³/mol. The van der Waals surface area contributed by atoms with Gasteiger partial charge in [0.25, 0.3) is 0 Å². The van der Waals surface area contributed by atoms with Crippen molar-refractivity contribution < 1.29 is 37.0 Å². The number of alkyl carbamates (subject to hydrolysis) is 1. The SMILES string of the molecule is COc1cccc(CNC(=O)O[C@H]2CC[C@@]3(CCN(c4ccc(OC(F)(F)F)cc4)C3=O)CC2)c1. The number of nitrogens with one attached hydrogen (secondary N) is 1. The molecule has 2 fully saturated rings. The summed E-state index contributed by atoms with van der Waals surface area (Å²) < 4.78 is 51.8. The van der Waals surface area contributed by atoms with Gasteiger partial charge in [-0.1, -0.05) is 12.1 Å². The highest BCUT2D eigenvalue weighted by molar-refractivity contribution is 6.00. The number of benzene rings is 2. The van der Waals surface area contributed by atoms with E-state index in [9.17, 15) is 22.8 Å². The summed E-state index contributed by atoms with van der Waals surface area (Å²) in [6, 6.07) is 12.7. The van der Waals surface area contributed by atoms with Gasteiger partial charge in [-0.3, -0.25) is 4.79 Å². The van der Waals surface area contributed by atoms with Crippen LogP contribution in [-0.2, 0) is 16.1 Å². The third kappa shape index (κ3) is 5.98. The molecule has 10 heteroatoms. The Morgan fingerprint density at radius 2 is 1.80 bits per heavy atom. The summed E-state index contributed by atoms with van der Waals surface area (Å²) in [5.74, 6) is 0.337. The molecule has 188 valence electrons. The van der Waals surface area contributed by atoms with Crippen LogP contribution in [0, 0.1) is 5.41 Å². The van der Waals surface area contributed by atoms with Crippen LogP contribution in [0.15, 0.2) is 48.5 Å². The average molecular weight is 492 g/mol. The molecule has 2 aliphatic rings. The number of rotatable bonds is 6. The second-order valence-electron chi connectivity index (χ2n) is 8.84. The molecule has 2 aromatic carbocycles. The molecule has 2 amide bonds. The zero-order valence-electron chi connectivity index (χ0n) is 19.3. The second kappa shape index (κ2) is 10.1. The molecule has 0 aromatic heterocycles. The summed E-state index contributed by atoms with van der Waals surface area (Å²) in [4.78, 5) is 27.1. The smallest absolute Gasteiger partial charge is 0.497 e. The Hall–Kier alpha value is -3.43. The van der Waals surface area contributed by atoms with Gasteiger partial charge in [-0.05, 0) is 74.1 Å². The van der Waals surface area contributed by atoms with Gasteiger partial charge in [-0.2, -0.15) is 0 Å². The molecule has 35 heavy (non-hydrogen) atoms. The summed E-state index contributed by atoms with van der Waals surface area (Å²) in [6.45, 7) is 0.803. The Morgan fingerprint density at radius 3 is 2.46 bits per heavy atom. The van der Waals surface area contributed by atoms with Crippen molar-refractivity contribution in [2.45, 2.75) is 51.1 Å². The minimum Gasteiger partial charge on any atom is -0.497 e. The number of carbonyl (C=O) groups is 2. The highest BCUT2D eigenvalue weighted by atomic mass is 19.4. The summed E-state index contributed by atoms with van der Waals surface area (Å²) >= 11 is 0. The molecular formula is C25H27F3N2O5. The Kier molecular flexibility index (Phi) is 7.09. The van der Waals surface area contributed by atoms with E-state index in [1.807, 2.05) is 24.3 Å². The fourth-order valence-corrected chi connectivity index (χ4v) is 4.77. The summed E-state index contributed by atoms with van der Waals surface area (Å²) in [5.41, 5.74) is 0.896. The van der Waals surface area contributed by atoms with Gasteiger partial charge in [0.1, 0.15) is 17.6 Å². The minimum absolute atomic E-state index is 0.0390. The van der Waals surface area contributed by atoms with E-state index in [0.29, 0.717) is 56.6 Å². The van der Waals surface area contributed by atoms with Crippen LogP contribution >= 0.6 is 0 Å². The van der Waals surface area contributed by atoms with E-state index in [4.69, 9.17) is 9.47 Å². The van der Waals surface area contributed by atoms with Crippen LogP contribution < -0.4 is 19.7 Å². The molecule has 1 aliphatic heterocycles. The number of ether oxygens (including phenoxy) is 3. The summed E-state index contributed by atoms with van der Waals surface area (Å²) in [5, 5.41) is 2.74. The molecular weight excluding hydrogens is 465 g/mol. The number of hydrogen-bond donors (Lipinski definition) is 1. The van der Waals surface area contributed by atoms with E-state index < -0.39 is 17.9 Å². The van der Waals surface area contributed by atoms with Crippen LogP contribution in [-0.4, -0.2) is 38.1 Å². The summed E-state index contributed by atoms with van der Waals surface area (Å²) in [7, 11) is 1.58. The maximum atomic E-state index is 13.2. The zero-order chi connectivity index (χ0) is 25.1. The van der Waals surface area contributed by atoms with Crippen molar-refractivity contribution in [2.24, 2.45) is 5.41 Å². The van der Waals surface area contributed by atoms with Crippen LogP contribution in [0.5, 0.6) is 11.5 Å². The number of hydrogen-bond acceptors (Lipinski definition) is 5. The van der Waals surface area contributed by atoms with Crippen LogP contribution in [0.4, 0.5) is 23.7 Å². The monoisotopic (exact) mass is 492 g/mol. The van der Waals surface area contributed by atoms with Gasteiger partial charge in [-0.25, -0.2) is 4.79 Å². The normalized spacial score (nSPS) is 22.2. The number of methoxy groups -OCH3 is 1. The quantitative estimate of drug-likeness (QED) is 0.601. The largest absolute Gasteiger partial charge is 0.573 e. The van der Waals surface area contributed by atoms with E-state index in [1.54, 1.807) is 12.0 Å². The third-order valence-electron chi connectivity index (χ3n) is 6.63. The van der Waals surface area contributed by atoms with Crippen LogP contribution in [0.1, 0.15) is 37.7 Å². The first kappa shape index (κ1) is 24.7. The molecule has 2 aromatic rings. The number of nitrogens with zero attached hydrogens (tertiary/aromatic N) is 1. The number of alkyl halides is 3. The molecule has 1 N–H and O–H groups in total. The van der Waals surface area contributed by atoms with E-state index >= 15 is 0 Å². The second-order valence-corrected chi connectivity index (χ2v) is 8.84. The molecule has 4 rings (SSSR count). The van der Waals surface area contributed by atoms with Gasteiger partial charge >= 0.3 is 12.5 Å². The van der Waals surface area contributed by atoms with Crippen molar-refractivity contribution in [1.82, 2.24) is 5.32 Å². The van der Waals surface area contributed by atoms with Crippen LogP contribution in [0.25, 0.3) is 0 Å². The number of carbonyl (C=O) groups excluding carboxylic acids is 2. The Morgan fingerprint density at radius 1 is 1.09 bits per heavy atom. The standard InChI is InChI=1S/C25H27F3N2O5/c1-33-21-4-2-3-17(15-21)16-29-23(32)34-19-9-11-24(12-10-19)13-14-30(22(24)31)18-5-7-20(8-6-18)35-25(26,27)28/h2-8,15,19H,9-14,16H2,1H3,(H,29,32)/t19-,24-. The van der Waals surface area contributed by atoms with Crippen molar-refractivity contribution >= 4 is 17.7 Å². The fourth-order valence-electron chi connectivity index (χ4n) is 4.77. The maximum absolute atomic E-state index is 13.2. The molecule has 7 nitrogen and oxygen atoms in total. The van der Waals surface area contributed by atoms with Gasteiger partial charge in [0, 0.05) is 18.8 Å². The lowest BCUT2D eigenvalue weighted by Crippen LogP contribution is -2.40. The number of amides is 2. The first-order chi connectivity index (χ1) is 16.7. The Labute approximate surface area is 201 Å². The Balaban J connectivity index is 1.27. The van der Waals surface area contributed by atoms with Crippen molar-refractivity contribution in [3.8, 4) is 11.5 Å². The molecule has 1 saturated carbocycles. The maximum Gasteiger partial charge on any atom is 0.573 e. The van der Waals surface area contributed by atoms with E-state index in [-0.39, 0.29) is 17.8 Å². The zero-order valence-corrected chi connectivity index (χ0v) is 19.3. The molecule has 1 saturated heterocycles. The number of anilines is 1. The van der Waals surface area contributed by atoms with Gasteiger partial charge in [0.15, 0.2) is 0 Å². The number of halogens is 3. The van der Waals surface area contributed by atoms with Crippen molar-refractivity contribution in [3.63, 3.8) is 0 Å². The molecule has 0 atom stereocenters. The van der Waals surface area contributed by atoms with E-state index in [2.05, 4.69) is 10.1 Å². The van der Waals surface area contributed by atoms with E-state index in [1.165, 1.54) is 24.3 Å². The third-order valence-corrected chi connectivity index (χ3v) is 6.63. The average Bonchev–Trinajstić information content (AvgIpc) is 3.14. The van der Waals surface area contributed by atoms with Crippen molar-refractivity contribution in [1.29, 1.82) is 0 Å². The molecule has 0 unspecified atom stereocenters. The van der Waals surface area contributed by atoms with Gasteiger partial charge < -0.3 is 24.4 Å². The lowest BCUT2D eigenvalue weighted by atomic mass is 9.72. The molecule has 1 spiro atoms.